The van der Waals surface area contributed by atoms with Gasteiger partial charge in [-0.2, -0.15) is 0 Å². The Morgan fingerprint density at radius 1 is 0.857 bits per heavy atom. The molecule has 290 valence electrons. The summed E-state index contributed by atoms with van der Waals surface area (Å²) >= 11 is 6.51. The van der Waals surface area contributed by atoms with Crippen molar-refractivity contribution in [1.29, 1.82) is 0 Å². The number of urea groups is 1. The fourth-order valence-corrected chi connectivity index (χ4v) is 12.7. The van der Waals surface area contributed by atoms with Crippen molar-refractivity contribution < 1.29 is 24.2 Å². The number of hydrogen-bond donors (Lipinski definition) is 3. The second kappa shape index (κ2) is 13.4. The highest BCUT2D eigenvalue weighted by molar-refractivity contribution is 6.31. The van der Waals surface area contributed by atoms with E-state index >= 15 is 4.39 Å². The first kappa shape index (κ1) is 37.3. The minimum atomic E-state index is -1.28. The number of carbonyl (C=O) groups is 2. The number of Topliss-reactive ketones (excluding diaryl/α,β-unsaturated/α-hetero) is 1. The van der Waals surface area contributed by atoms with Crippen molar-refractivity contribution in [2.75, 3.05) is 11.9 Å². The molecule has 0 radical (unpaired) electrons. The number of aliphatic hydroxyl groups excluding tert-OH is 1. The van der Waals surface area contributed by atoms with Crippen molar-refractivity contribution >= 4 is 39.9 Å². The molecule has 56 heavy (non-hydrogen) atoms. The number of fused-ring (bicyclic) bond motifs is 2. The van der Waals surface area contributed by atoms with E-state index < -0.39 is 33.8 Å². The van der Waals surface area contributed by atoms with Crippen LogP contribution >= 0.6 is 11.6 Å². The third kappa shape index (κ3) is 5.48. The Bertz CT molecular complexity index is 2270. The largest absolute Gasteiger partial charge is 0.393 e. The number of hydrogen-bond acceptors (Lipinski definition) is 4. The van der Waals surface area contributed by atoms with Crippen molar-refractivity contribution in [3.8, 4) is 0 Å². The van der Waals surface area contributed by atoms with E-state index in [2.05, 4.69) is 55.6 Å². The lowest BCUT2D eigenvalue weighted by atomic mass is 9.32. The highest BCUT2D eigenvalue weighted by Gasteiger charge is 2.74. The average molecular weight is 773 g/mol. The number of anilines is 1. The summed E-state index contributed by atoms with van der Waals surface area (Å²) in [4.78, 5) is 31.0. The highest BCUT2D eigenvalue weighted by atomic mass is 35.5. The summed E-state index contributed by atoms with van der Waals surface area (Å²) in [5, 5.41) is 29.8. The lowest BCUT2D eigenvalue weighted by molar-refractivity contribution is -0.177. The lowest BCUT2D eigenvalue weighted by Crippen LogP contribution is -2.67. The fourth-order valence-electron chi connectivity index (χ4n) is 12.5. The highest BCUT2D eigenvalue weighted by Crippen LogP contribution is 2.78. The number of nitrogens with zero attached hydrogens (tertiary/aromatic N) is 1. The molecule has 3 fully saturated rings. The van der Waals surface area contributed by atoms with Crippen LogP contribution < -0.4 is 5.32 Å². The predicted molar refractivity (Wildman–Crippen MR) is 218 cm³/mol. The van der Waals surface area contributed by atoms with Gasteiger partial charge in [0.25, 0.3) is 0 Å². The molecule has 2 amide bonds. The van der Waals surface area contributed by atoms with E-state index in [1.54, 1.807) is 17.0 Å². The van der Waals surface area contributed by atoms with Crippen LogP contribution in [-0.2, 0) is 17.8 Å². The zero-order valence-corrected chi connectivity index (χ0v) is 32.9. The van der Waals surface area contributed by atoms with Gasteiger partial charge in [-0.05, 0) is 103 Å². The molecule has 3 saturated carbocycles. The van der Waals surface area contributed by atoms with E-state index in [4.69, 9.17) is 11.6 Å². The minimum Gasteiger partial charge on any atom is -0.393 e. The smallest absolute Gasteiger partial charge is 0.322 e. The molecule has 2 bridgehead atoms. The summed E-state index contributed by atoms with van der Waals surface area (Å²) in [5.41, 5.74) is -0.842. The maximum atomic E-state index is 15.2. The normalized spacial score (nSPS) is 34.0. The van der Waals surface area contributed by atoms with Crippen LogP contribution in [0.1, 0.15) is 69.9 Å². The third-order valence-corrected chi connectivity index (χ3v) is 15.8. The second-order valence-electron chi connectivity index (χ2n) is 17.9. The maximum Gasteiger partial charge on any atom is 0.322 e. The van der Waals surface area contributed by atoms with Crippen molar-refractivity contribution in [2.24, 2.45) is 33.5 Å². The number of benzene rings is 4. The monoisotopic (exact) mass is 772 g/mol. The van der Waals surface area contributed by atoms with Crippen LogP contribution in [0.15, 0.2) is 115 Å². The van der Waals surface area contributed by atoms with E-state index in [9.17, 15) is 19.8 Å². The Balaban J connectivity index is 1.11. The van der Waals surface area contributed by atoms with Crippen LogP contribution in [0.25, 0.3) is 10.8 Å². The van der Waals surface area contributed by atoms with Gasteiger partial charge in [-0.1, -0.05) is 110 Å². The van der Waals surface area contributed by atoms with E-state index in [0.29, 0.717) is 43.5 Å². The van der Waals surface area contributed by atoms with Crippen molar-refractivity contribution in [1.82, 2.24) is 4.90 Å². The summed E-state index contributed by atoms with van der Waals surface area (Å²) in [7, 11) is 0. The molecule has 3 N–H and O–H groups in total. The molecule has 8 atom stereocenters. The molecule has 0 heterocycles. The number of amides is 2. The Kier molecular flexibility index (Phi) is 8.92. The number of para-hydroxylation sites is 1. The maximum absolute atomic E-state index is 15.2. The SMILES string of the molecule is C[C@]12CC[C@H]3[C@]4(C=C[C@@]5(C=C4C(=O)Cc4c(F)cccc4Cl)CC(O)CC[C@]35C)[C@@H]1CC[C@@]2(O)CN(Cc1cccc2ccccc12)C(=O)Nc1ccccc1. The molecule has 4 aromatic rings. The van der Waals surface area contributed by atoms with Gasteiger partial charge in [0.05, 0.1) is 18.2 Å². The van der Waals surface area contributed by atoms with Gasteiger partial charge in [-0.3, -0.25) is 4.79 Å². The first-order valence-electron chi connectivity index (χ1n) is 20.2. The van der Waals surface area contributed by atoms with Gasteiger partial charge < -0.3 is 20.4 Å². The first-order chi connectivity index (χ1) is 26.8. The number of carbonyl (C=O) groups excluding carboxylic acids is 2. The van der Waals surface area contributed by atoms with Gasteiger partial charge in [0.15, 0.2) is 5.78 Å². The van der Waals surface area contributed by atoms with Gasteiger partial charge in [0.2, 0.25) is 0 Å². The molecule has 6 nitrogen and oxygen atoms in total. The van der Waals surface area contributed by atoms with Crippen LogP contribution in [0.2, 0.25) is 5.02 Å². The summed E-state index contributed by atoms with van der Waals surface area (Å²) in [6.45, 7) is 4.93. The molecule has 4 aromatic carbocycles. The first-order valence-corrected chi connectivity index (χ1v) is 20.6. The molecule has 8 heteroatoms. The summed E-state index contributed by atoms with van der Waals surface area (Å²) < 4.78 is 15.2. The van der Waals surface area contributed by atoms with Crippen LogP contribution in [0.4, 0.5) is 14.9 Å². The van der Waals surface area contributed by atoms with E-state index in [-0.39, 0.29) is 52.6 Å². The van der Waals surface area contributed by atoms with E-state index in [1.165, 1.54) is 6.07 Å². The number of nitrogens with one attached hydrogen (secondary N) is 1. The minimum absolute atomic E-state index is 0.0844. The molecular formula is C48H50ClFN2O4. The second-order valence-corrected chi connectivity index (χ2v) is 18.3. The molecule has 10 rings (SSSR count). The van der Waals surface area contributed by atoms with Crippen molar-refractivity contribution in [3.63, 3.8) is 0 Å². The zero-order chi connectivity index (χ0) is 39.1. The molecule has 0 aromatic heterocycles. The Hall–Kier alpha value is -4.30. The summed E-state index contributed by atoms with van der Waals surface area (Å²) in [5.74, 6) is -0.703. The molecule has 2 spiro atoms. The van der Waals surface area contributed by atoms with Gasteiger partial charge >= 0.3 is 6.03 Å². The van der Waals surface area contributed by atoms with Crippen LogP contribution in [0.3, 0.4) is 0 Å². The molecule has 1 unspecified atom stereocenters. The molecule has 6 aliphatic carbocycles. The van der Waals surface area contributed by atoms with E-state index in [1.807, 2.05) is 54.6 Å². The van der Waals surface area contributed by atoms with Crippen molar-refractivity contribution in [2.45, 2.75) is 83.5 Å². The van der Waals surface area contributed by atoms with Gasteiger partial charge in [-0.15, -0.1) is 0 Å². The van der Waals surface area contributed by atoms with Crippen LogP contribution in [0, 0.1) is 39.3 Å². The number of halogens is 2. The van der Waals surface area contributed by atoms with Gasteiger partial charge in [0, 0.05) is 51.1 Å². The Labute approximate surface area is 333 Å². The summed E-state index contributed by atoms with van der Waals surface area (Å²) in [6.07, 6.45) is 10.7. The zero-order valence-electron chi connectivity index (χ0n) is 32.1. The standard InChI is InChI=1S/C48H50ClFN2O4/c1-44-21-18-34(53)27-46(44)24-25-48(37(28-46)40(54)26-36-38(49)16-9-17-39(36)50)41(44)19-22-45(2)42(48)20-23-47(45,56)30-52(43(55)51-33-13-4-3-5-14-33)29-32-12-8-11-31-10-6-7-15-35(31)32/h3-17,24-25,28,34,41-42,53,56H,18-23,26-27,29-30H2,1-2H3,(H,51,55)/t34?,41-,42-,44-,45+,46+,47-,48-/m1/s1. The lowest BCUT2D eigenvalue weighted by Gasteiger charge is -2.71. The number of rotatable bonds is 8. The van der Waals surface area contributed by atoms with Crippen molar-refractivity contribution in [3.05, 3.63) is 137 Å². The van der Waals surface area contributed by atoms with E-state index in [0.717, 1.165) is 35.6 Å². The Morgan fingerprint density at radius 2 is 1.55 bits per heavy atom. The molecular weight excluding hydrogens is 723 g/mol. The number of aliphatic hydroxyl groups is 2. The summed E-state index contributed by atoms with van der Waals surface area (Å²) in [6, 6.07) is 27.9. The average Bonchev–Trinajstić information content (AvgIpc) is 3.46. The number of allylic oxidation sites excluding steroid dienone is 4. The fraction of sp³-hybridized carbons (Fsp3) is 0.417. The Morgan fingerprint density at radius 3 is 2.36 bits per heavy atom. The van der Waals surface area contributed by atoms with Crippen LogP contribution in [-0.4, -0.2) is 45.2 Å². The van der Waals surface area contributed by atoms with Gasteiger partial charge in [0.1, 0.15) is 5.82 Å². The van der Waals surface area contributed by atoms with Crippen LogP contribution in [0.5, 0.6) is 0 Å². The molecule has 0 aliphatic heterocycles. The predicted octanol–water partition coefficient (Wildman–Crippen LogP) is 10.1. The molecule has 6 aliphatic rings. The van der Waals surface area contributed by atoms with Gasteiger partial charge in [-0.25, -0.2) is 9.18 Å². The third-order valence-electron chi connectivity index (χ3n) is 15.4. The molecule has 0 saturated heterocycles. The number of ketones is 1. The quantitative estimate of drug-likeness (QED) is 0.156. The topological polar surface area (TPSA) is 89.9 Å².